The van der Waals surface area contributed by atoms with Crippen molar-refractivity contribution in [2.75, 3.05) is 4.90 Å². The van der Waals surface area contributed by atoms with Crippen molar-refractivity contribution in [3.63, 3.8) is 0 Å². The maximum Gasteiger partial charge on any atom is 0.251 e. The SMILES string of the molecule is CC(C(=O)N(c1nccs1)C1CCCCC1)N1Cc2ccccc2C1=N. The molecule has 1 aliphatic carbocycles. The average molecular weight is 369 g/mol. The maximum absolute atomic E-state index is 13.5. The second kappa shape index (κ2) is 7.19. The topological polar surface area (TPSA) is 60.3 Å². The van der Waals surface area contributed by atoms with E-state index in [-0.39, 0.29) is 18.0 Å². The Morgan fingerprint density at radius 2 is 2.08 bits per heavy atom. The standard InChI is InChI=1S/C20H24N4OS/c1-14(23-13-15-7-5-6-10-17(15)18(23)21)19(25)24(20-22-11-12-26-20)16-8-3-2-4-9-16/h5-7,10-12,14,16,21H,2-4,8-9,13H2,1H3. The van der Waals surface area contributed by atoms with Crippen molar-refractivity contribution < 1.29 is 4.79 Å². The Morgan fingerprint density at radius 3 is 2.77 bits per heavy atom. The van der Waals surface area contributed by atoms with E-state index in [1.807, 2.05) is 46.4 Å². The van der Waals surface area contributed by atoms with Gasteiger partial charge in [-0.3, -0.25) is 15.1 Å². The van der Waals surface area contributed by atoms with Crippen LogP contribution in [-0.4, -0.2) is 33.7 Å². The lowest BCUT2D eigenvalue weighted by atomic mass is 9.94. The van der Waals surface area contributed by atoms with E-state index in [4.69, 9.17) is 5.41 Å². The molecule has 1 aromatic carbocycles. The number of hydrogen-bond donors (Lipinski definition) is 1. The van der Waals surface area contributed by atoms with E-state index >= 15 is 0 Å². The highest BCUT2D eigenvalue weighted by Crippen LogP contribution is 2.31. The smallest absolute Gasteiger partial charge is 0.251 e. The summed E-state index contributed by atoms with van der Waals surface area (Å²) in [6.45, 7) is 2.55. The quantitative estimate of drug-likeness (QED) is 0.886. The molecule has 6 heteroatoms. The number of anilines is 1. The monoisotopic (exact) mass is 368 g/mol. The van der Waals surface area contributed by atoms with Crippen molar-refractivity contribution >= 4 is 28.2 Å². The van der Waals surface area contributed by atoms with E-state index < -0.39 is 0 Å². The van der Waals surface area contributed by atoms with E-state index in [0.717, 1.165) is 29.1 Å². The summed E-state index contributed by atoms with van der Waals surface area (Å²) in [5.74, 6) is 0.508. The summed E-state index contributed by atoms with van der Waals surface area (Å²) in [5, 5.41) is 11.2. The number of nitrogens with zero attached hydrogens (tertiary/aromatic N) is 3. The Morgan fingerprint density at radius 1 is 1.31 bits per heavy atom. The first-order valence-corrected chi connectivity index (χ1v) is 10.2. The lowest BCUT2D eigenvalue weighted by Crippen LogP contribution is -2.51. The van der Waals surface area contributed by atoms with E-state index in [1.165, 1.54) is 30.6 Å². The van der Waals surface area contributed by atoms with Crippen LogP contribution in [0, 0.1) is 5.41 Å². The number of hydrogen-bond acceptors (Lipinski definition) is 4. The molecule has 1 fully saturated rings. The molecule has 1 aromatic heterocycles. The van der Waals surface area contributed by atoms with Gasteiger partial charge in [-0.2, -0.15) is 0 Å². The summed E-state index contributed by atoms with van der Waals surface area (Å²) in [6.07, 6.45) is 7.42. The number of benzene rings is 1. The molecular formula is C20H24N4OS. The van der Waals surface area contributed by atoms with Crippen LogP contribution in [0.2, 0.25) is 0 Å². The van der Waals surface area contributed by atoms with E-state index in [0.29, 0.717) is 12.4 Å². The molecule has 1 atom stereocenters. The predicted molar refractivity (Wildman–Crippen MR) is 105 cm³/mol. The molecule has 26 heavy (non-hydrogen) atoms. The first-order chi connectivity index (χ1) is 12.7. The molecule has 1 N–H and O–H groups in total. The van der Waals surface area contributed by atoms with Crippen molar-refractivity contribution in [2.45, 2.75) is 57.7 Å². The highest BCUT2D eigenvalue weighted by Gasteiger charge is 2.37. The third kappa shape index (κ3) is 3.03. The first kappa shape index (κ1) is 17.2. The zero-order valence-corrected chi connectivity index (χ0v) is 15.8. The predicted octanol–water partition coefficient (Wildman–Crippen LogP) is 4.04. The van der Waals surface area contributed by atoms with Crippen molar-refractivity contribution in [2.24, 2.45) is 0 Å². The lowest BCUT2D eigenvalue weighted by molar-refractivity contribution is -0.122. The Bertz CT molecular complexity index is 798. The van der Waals surface area contributed by atoms with Gasteiger partial charge in [0, 0.05) is 29.7 Å². The summed E-state index contributed by atoms with van der Waals surface area (Å²) in [7, 11) is 0. The third-order valence-electron chi connectivity index (χ3n) is 5.53. The van der Waals surface area contributed by atoms with Gasteiger partial charge in [0.05, 0.1) is 0 Å². The normalized spacial score (nSPS) is 18.7. The molecule has 1 unspecified atom stereocenters. The number of carbonyl (C=O) groups excluding carboxylic acids is 1. The molecule has 1 aliphatic heterocycles. The molecule has 0 radical (unpaired) electrons. The van der Waals surface area contributed by atoms with Gasteiger partial charge in [0.1, 0.15) is 11.9 Å². The van der Waals surface area contributed by atoms with Crippen molar-refractivity contribution in [3.8, 4) is 0 Å². The molecule has 4 rings (SSSR count). The first-order valence-electron chi connectivity index (χ1n) is 9.33. The largest absolute Gasteiger partial charge is 0.340 e. The van der Waals surface area contributed by atoms with Crippen molar-refractivity contribution in [3.05, 3.63) is 47.0 Å². The molecule has 136 valence electrons. The molecule has 5 nitrogen and oxygen atoms in total. The van der Waals surface area contributed by atoms with Crippen LogP contribution in [-0.2, 0) is 11.3 Å². The van der Waals surface area contributed by atoms with E-state index in [2.05, 4.69) is 4.98 Å². The van der Waals surface area contributed by atoms with Gasteiger partial charge in [-0.05, 0) is 25.3 Å². The summed E-state index contributed by atoms with van der Waals surface area (Å²) >= 11 is 1.52. The fourth-order valence-corrected chi connectivity index (χ4v) is 4.79. The van der Waals surface area contributed by atoms with E-state index in [9.17, 15) is 4.79 Å². The third-order valence-corrected chi connectivity index (χ3v) is 6.30. The molecule has 2 heterocycles. The Kier molecular flexibility index (Phi) is 4.76. The molecule has 0 saturated heterocycles. The summed E-state index contributed by atoms with van der Waals surface area (Å²) in [4.78, 5) is 21.7. The van der Waals surface area contributed by atoms with Gasteiger partial charge in [0.2, 0.25) is 0 Å². The van der Waals surface area contributed by atoms with Crippen LogP contribution >= 0.6 is 11.3 Å². The number of rotatable bonds is 4. The molecular weight excluding hydrogens is 344 g/mol. The van der Waals surface area contributed by atoms with Gasteiger partial charge in [0.25, 0.3) is 5.91 Å². The number of carbonyl (C=O) groups is 1. The minimum Gasteiger partial charge on any atom is -0.340 e. The Hall–Kier alpha value is -2.21. The van der Waals surface area contributed by atoms with Crippen molar-refractivity contribution in [1.29, 1.82) is 5.41 Å². The van der Waals surface area contributed by atoms with Crippen molar-refractivity contribution in [1.82, 2.24) is 9.88 Å². The van der Waals surface area contributed by atoms with Crippen LogP contribution in [0.1, 0.15) is 50.2 Å². The summed E-state index contributed by atoms with van der Waals surface area (Å²) < 4.78 is 0. The number of amides is 1. The highest BCUT2D eigenvalue weighted by molar-refractivity contribution is 7.13. The molecule has 1 amide bonds. The molecule has 0 spiro atoms. The molecule has 0 bridgehead atoms. The second-order valence-corrected chi connectivity index (χ2v) is 8.00. The summed E-state index contributed by atoms with van der Waals surface area (Å²) in [6, 6.07) is 7.80. The number of amidine groups is 1. The highest BCUT2D eigenvalue weighted by atomic mass is 32.1. The van der Waals surface area contributed by atoms with Gasteiger partial charge in [-0.15, -0.1) is 11.3 Å². The number of aromatic nitrogens is 1. The fraction of sp³-hybridized carbons (Fsp3) is 0.450. The van der Waals surface area contributed by atoms with Crippen LogP contribution in [0.4, 0.5) is 5.13 Å². The second-order valence-electron chi connectivity index (χ2n) is 7.12. The maximum atomic E-state index is 13.5. The number of thiazole rings is 1. The minimum atomic E-state index is -0.374. The van der Waals surface area contributed by atoms with E-state index in [1.54, 1.807) is 6.20 Å². The summed E-state index contributed by atoms with van der Waals surface area (Å²) in [5.41, 5.74) is 2.06. The molecule has 1 saturated carbocycles. The van der Waals surface area contributed by atoms with Gasteiger partial charge < -0.3 is 4.90 Å². The molecule has 2 aromatic rings. The zero-order chi connectivity index (χ0) is 18.1. The van der Waals surface area contributed by atoms with Crippen LogP contribution in [0.3, 0.4) is 0 Å². The van der Waals surface area contributed by atoms with Crippen LogP contribution in [0.5, 0.6) is 0 Å². The Balaban J connectivity index is 1.59. The number of fused-ring (bicyclic) bond motifs is 1. The van der Waals surface area contributed by atoms with Gasteiger partial charge in [0.15, 0.2) is 5.13 Å². The van der Waals surface area contributed by atoms with Crippen LogP contribution in [0.25, 0.3) is 0 Å². The van der Waals surface area contributed by atoms with Gasteiger partial charge in [-0.25, -0.2) is 4.98 Å². The molecule has 2 aliphatic rings. The van der Waals surface area contributed by atoms with Crippen LogP contribution in [0.15, 0.2) is 35.8 Å². The zero-order valence-electron chi connectivity index (χ0n) is 15.0. The van der Waals surface area contributed by atoms with Gasteiger partial charge in [-0.1, -0.05) is 43.5 Å². The fourth-order valence-electron chi connectivity index (χ4n) is 4.08. The van der Waals surface area contributed by atoms with Gasteiger partial charge >= 0.3 is 0 Å². The van der Waals surface area contributed by atoms with Crippen LogP contribution < -0.4 is 4.90 Å². The number of nitrogens with one attached hydrogen (secondary N) is 1. The Labute approximate surface area is 158 Å². The lowest BCUT2D eigenvalue weighted by Gasteiger charge is -2.36. The average Bonchev–Trinajstić information content (AvgIpc) is 3.31. The minimum absolute atomic E-state index is 0.0596.